The Morgan fingerprint density at radius 2 is 1.85 bits per heavy atom. The fourth-order valence-corrected chi connectivity index (χ4v) is 6.53. The first kappa shape index (κ1) is 19.8. The van der Waals surface area contributed by atoms with Gasteiger partial charge in [-0.25, -0.2) is 18.6 Å². The minimum atomic E-state index is -3.66. The number of hydrogen-bond donors (Lipinski definition) is 3. The summed E-state index contributed by atoms with van der Waals surface area (Å²) in [7, 11) is -3.66. The van der Waals surface area contributed by atoms with Gasteiger partial charge in [-0.2, -0.15) is 0 Å². The Morgan fingerprint density at radius 1 is 1.15 bits per heavy atom. The average Bonchev–Trinajstić information content (AvgIpc) is 3.06. The minimum absolute atomic E-state index is 0.0400. The van der Waals surface area contributed by atoms with Crippen LogP contribution in [0, 0.1) is 19.8 Å². The van der Waals surface area contributed by atoms with E-state index in [0.29, 0.717) is 9.92 Å². The highest BCUT2D eigenvalue weighted by molar-refractivity contribution is 7.89. The molecule has 0 saturated carbocycles. The summed E-state index contributed by atoms with van der Waals surface area (Å²) in [4.78, 5) is 2.23. The van der Waals surface area contributed by atoms with E-state index in [2.05, 4.69) is 29.4 Å². The highest BCUT2D eigenvalue weighted by Crippen LogP contribution is 2.40. The zero-order valence-corrected chi connectivity index (χ0v) is 17.6. The van der Waals surface area contributed by atoms with Crippen molar-refractivity contribution < 1.29 is 8.42 Å². The highest BCUT2D eigenvalue weighted by Gasteiger charge is 2.37. The molecule has 1 saturated heterocycles. The monoisotopic (exact) mass is 413 g/mol. The Kier molecular flexibility index (Phi) is 5.77. The van der Waals surface area contributed by atoms with Crippen molar-refractivity contribution >= 4 is 33.0 Å². The Balaban J connectivity index is 1.94. The molecule has 1 aromatic carbocycles. The summed E-state index contributed by atoms with van der Waals surface area (Å²) in [5.74, 6) is 0.278. The number of hydrogen-bond acceptors (Lipinski definition) is 5. The van der Waals surface area contributed by atoms with Crippen molar-refractivity contribution in [3.8, 4) is 0 Å². The van der Waals surface area contributed by atoms with Gasteiger partial charge < -0.3 is 0 Å². The van der Waals surface area contributed by atoms with E-state index in [1.807, 2.05) is 32.0 Å². The minimum Gasteiger partial charge on any atom is -0.254 e. The van der Waals surface area contributed by atoms with E-state index in [9.17, 15) is 8.42 Å². The lowest BCUT2D eigenvalue weighted by atomic mass is 9.92. The van der Waals surface area contributed by atoms with Gasteiger partial charge in [0.1, 0.15) is 4.90 Å². The van der Waals surface area contributed by atoms with Crippen LogP contribution in [-0.2, 0) is 16.6 Å². The second-order valence-corrected chi connectivity index (χ2v) is 10.3. The number of hydrazine groups is 1. The number of sulfonamides is 1. The first-order valence-electron chi connectivity index (χ1n) is 8.56. The maximum Gasteiger partial charge on any atom is 0.242 e. The van der Waals surface area contributed by atoms with Crippen LogP contribution >= 0.6 is 22.9 Å². The van der Waals surface area contributed by atoms with Crippen molar-refractivity contribution in [2.45, 2.75) is 51.2 Å². The molecule has 142 valence electrons. The van der Waals surface area contributed by atoms with Crippen molar-refractivity contribution in [2.75, 3.05) is 0 Å². The molecule has 8 heteroatoms. The third-order valence-corrected chi connectivity index (χ3v) is 8.14. The quantitative estimate of drug-likeness (QED) is 0.699. The summed E-state index contributed by atoms with van der Waals surface area (Å²) in [6.45, 7) is 8.23. The molecule has 0 amide bonds. The second-order valence-electron chi connectivity index (χ2n) is 6.79. The molecule has 0 radical (unpaired) electrons. The molecule has 5 nitrogen and oxygen atoms in total. The van der Waals surface area contributed by atoms with Gasteiger partial charge in [-0.05, 0) is 38.3 Å². The standard InChI is InChI=1S/C18H24ClN3O2S2/c1-10-11(2)21-22-17(10)16-12(3)25-13(4)18(16)26(23,24)20-9-14-7-5-6-8-15(14)19/h5-8,10-11,17,20-22H,9H2,1-4H3. The molecule has 1 fully saturated rings. The predicted molar refractivity (Wildman–Crippen MR) is 107 cm³/mol. The van der Waals surface area contributed by atoms with E-state index >= 15 is 0 Å². The smallest absolute Gasteiger partial charge is 0.242 e. The Morgan fingerprint density at radius 3 is 2.46 bits per heavy atom. The zero-order valence-electron chi connectivity index (χ0n) is 15.3. The van der Waals surface area contributed by atoms with Gasteiger partial charge in [-0.3, -0.25) is 5.43 Å². The molecule has 1 aliphatic rings. The summed E-state index contributed by atoms with van der Waals surface area (Å²) in [5.41, 5.74) is 8.11. The third-order valence-electron chi connectivity index (χ3n) is 5.02. The molecule has 2 aromatic rings. The summed E-state index contributed by atoms with van der Waals surface area (Å²) in [5, 5.41) is 0.553. The lowest BCUT2D eigenvalue weighted by Gasteiger charge is -2.19. The molecular formula is C18H24ClN3O2S2. The van der Waals surface area contributed by atoms with E-state index in [-0.39, 0.29) is 24.5 Å². The third kappa shape index (κ3) is 3.69. The predicted octanol–water partition coefficient (Wildman–Crippen LogP) is 3.67. The van der Waals surface area contributed by atoms with Crippen LogP contribution in [0.5, 0.6) is 0 Å². The molecule has 2 heterocycles. The van der Waals surface area contributed by atoms with Crippen molar-refractivity contribution in [1.82, 2.24) is 15.6 Å². The first-order chi connectivity index (χ1) is 12.2. The van der Waals surface area contributed by atoms with E-state index in [1.165, 1.54) is 11.3 Å². The number of rotatable bonds is 5. The van der Waals surface area contributed by atoms with Crippen LogP contribution in [0.15, 0.2) is 29.2 Å². The summed E-state index contributed by atoms with van der Waals surface area (Å²) in [6, 6.07) is 7.48. The van der Waals surface area contributed by atoms with E-state index < -0.39 is 10.0 Å². The molecule has 3 N–H and O–H groups in total. The number of halogens is 1. The van der Waals surface area contributed by atoms with Crippen LogP contribution in [0.3, 0.4) is 0 Å². The molecule has 26 heavy (non-hydrogen) atoms. The van der Waals surface area contributed by atoms with Gasteiger partial charge in [-0.1, -0.05) is 36.7 Å². The van der Waals surface area contributed by atoms with Crippen LogP contribution in [0.2, 0.25) is 5.02 Å². The molecule has 1 aromatic heterocycles. The average molecular weight is 414 g/mol. The number of aryl methyl sites for hydroxylation is 2. The fraction of sp³-hybridized carbons (Fsp3) is 0.444. The summed E-state index contributed by atoms with van der Waals surface area (Å²) < 4.78 is 29.0. The van der Waals surface area contributed by atoms with E-state index in [1.54, 1.807) is 6.07 Å². The molecule has 3 unspecified atom stereocenters. The van der Waals surface area contributed by atoms with Gasteiger partial charge in [0.15, 0.2) is 0 Å². The first-order valence-corrected chi connectivity index (χ1v) is 11.2. The Labute approximate surface area is 164 Å². The molecule has 3 rings (SSSR count). The fourth-order valence-electron chi connectivity index (χ4n) is 3.37. The Hall–Kier alpha value is -0.960. The van der Waals surface area contributed by atoms with Gasteiger partial charge in [0, 0.05) is 32.9 Å². The summed E-state index contributed by atoms with van der Waals surface area (Å²) >= 11 is 7.68. The topological polar surface area (TPSA) is 70.2 Å². The van der Waals surface area contributed by atoms with E-state index in [0.717, 1.165) is 20.9 Å². The van der Waals surface area contributed by atoms with E-state index in [4.69, 9.17) is 11.6 Å². The maximum absolute atomic E-state index is 13.1. The highest BCUT2D eigenvalue weighted by atomic mass is 35.5. The largest absolute Gasteiger partial charge is 0.254 e. The zero-order chi connectivity index (χ0) is 19.1. The number of nitrogens with one attached hydrogen (secondary N) is 3. The van der Waals surface area contributed by atoms with Crippen LogP contribution < -0.4 is 15.6 Å². The lowest BCUT2D eigenvalue weighted by Crippen LogP contribution is -2.30. The molecule has 3 atom stereocenters. The second kappa shape index (κ2) is 7.58. The van der Waals surface area contributed by atoms with Gasteiger partial charge in [-0.15, -0.1) is 11.3 Å². The van der Waals surface area contributed by atoms with Crippen LogP contribution in [-0.4, -0.2) is 14.5 Å². The molecular weight excluding hydrogens is 390 g/mol. The summed E-state index contributed by atoms with van der Waals surface area (Å²) in [6.07, 6.45) is 0. The van der Waals surface area contributed by atoms with Crippen molar-refractivity contribution in [3.05, 3.63) is 50.2 Å². The van der Waals surface area contributed by atoms with Gasteiger partial charge in [0.05, 0.1) is 6.04 Å². The normalized spacial score (nSPS) is 23.5. The van der Waals surface area contributed by atoms with Crippen molar-refractivity contribution in [2.24, 2.45) is 5.92 Å². The SMILES string of the molecule is Cc1sc(C)c(S(=O)(=O)NCc2ccccc2Cl)c1C1NNC(C)C1C. The van der Waals surface area contributed by atoms with Crippen LogP contribution in [0.1, 0.15) is 40.8 Å². The number of thiophene rings is 1. The lowest BCUT2D eigenvalue weighted by molar-refractivity contribution is 0.468. The molecule has 0 bridgehead atoms. The van der Waals surface area contributed by atoms with Gasteiger partial charge >= 0.3 is 0 Å². The van der Waals surface area contributed by atoms with Crippen LogP contribution in [0.25, 0.3) is 0 Å². The molecule has 1 aliphatic heterocycles. The van der Waals surface area contributed by atoms with Crippen molar-refractivity contribution in [3.63, 3.8) is 0 Å². The van der Waals surface area contributed by atoms with Gasteiger partial charge in [0.25, 0.3) is 0 Å². The van der Waals surface area contributed by atoms with Gasteiger partial charge in [0.2, 0.25) is 10.0 Å². The number of benzene rings is 1. The van der Waals surface area contributed by atoms with Crippen LogP contribution in [0.4, 0.5) is 0 Å². The molecule has 0 aliphatic carbocycles. The Bertz CT molecular complexity index is 911. The van der Waals surface area contributed by atoms with Crippen molar-refractivity contribution in [1.29, 1.82) is 0 Å². The maximum atomic E-state index is 13.1. The molecule has 0 spiro atoms.